The van der Waals surface area contributed by atoms with Crippen LogP contribution in [0.3, 0.4) is 0 Å². The van der Waals surface area contributed by atoms with E-state index in [4.69, 9.17) is 4.74 Å². The van der Waals surface area contributed by atoms with Crippen LogP contribution in [-0.2, 0) is 5.41 Å². The van der Waals surface area contributed by atoms with Crippen molar-refractivity contribution in [3.8, 4) is 5.75 Å². The molecule has 82 valence electrons. The smallest absolute Gasteiger partial charge is 0.126 e. The van der Waals surface area contributed by atoms with Crippen molar-refractivity contribution in [2.75, 3.05) is 0 Å². The lowest BCUT2D eigenvalue weighted by atomic mass is 9.87. The summed E-state index contributed by atoms with van der Waals surface area (Å²) in [6, 6.07) is 8.29. The summed E-state index contributed by atoms with van der Waals surface area (Å²) in [5.41, 5.74) is 1.53. The third-order valence-electron chi connectivity index (χ3n) is 2.41. The lowest BCUT2D eigenvalue weighted by Gasteiger charge is -2.19. The van der Waals surface area contributed by atoms with Gasteiger partial charge in [-0.2, -0.15) is 0 Å². The van der Waals surface area contributed by atoms with E-state index in [1.165, 1.54) is 5.56 Å². The molecule has 0 N–H and O–H groups in total. The molecule has 0 aliphatic carbocycles. The molecule has 0 heterocycles. The first-order valence-electron chi connectivity index (χ1n) is 5.35. The van der Waals surface area contributed by atoms with Gasteiger partial charge in [-0.15, -0.1) is 0 Å². The van der Waals surface area contributed by atoms with Crippen LogP contribution in [0.15, 0.2) is 36.1 Å². The van der Waals surface area contributed by atoms with Crippen molar-refractivity contribution in [2.45, 2.75) is 40.0 Å². The minimum Gasteiger partial charge on any atom is -0.462 e. The van der Waals surface area contributed by atoms with Crippen LogP contribution < -0.4 is 4.74 Å². The molecule has 0 radical (unpaired) electrons. The second-order valence-electron chi connectivity index (χ2n) is 4.78. The molecule has 0 atom stereocenters. The van der Waals surface area contributed by atoms with Gasteiger partial charge in [-0.05, 0) is 43.0 Å². The molecule has 1 heteroatoms. The third-order valence-corrected chi connectivity index (χ3v) is 2.41. The van der Waals surface area contributed by atoms with Crippen molar-refractivity contribution in [1.82, 2.24) is 0 Å². The van der Waals surface area contributed by atoms with Crippen LogP contribution in [0.5, 0.6) is 5.75 Å². The Bertz CT molecular complexity index is 339. The number of benzene rings is 1. The molecule has 0 fully saturated rings. The van der Waals surface area contributed by atoms with Crippen LogP contribution in [0.4, 0.5) is 0 Å². The number of rotatable bonds is 2. The maximum atomic E-state index is 5.59. The monoisotopic (exact) mass is 204 g/mol. The summed E-state index contributed by atoms with van der Waals surface area (Å²) in [5.74, 6) is 1.83. The average molecular weight is 204 g/mol. The van der Waals surface area contributed by atoms with E-state index >= 15 is 0 Å². The minimum absolute atomic E-state index is 0.203. The number of allylic oxidation sites excluding steroid dienone is 2. The van der Waals surface area contributed by atoms with E-state index in [1.807, 2.05) is 32.1 Å². The molecule has 0 unspecified atom stereocenters. The largest absolute Gasteiger partial charge is 0.462 e. The Kier molecular flexibility index (Phi) is 3.57. The predicted octanol–water partition coefficient (Wildman–Crippen LogP) is 4.29. The first kappa shape index (κ1) is 11.8. The summed E-state index contributed by atoms with van der Waals surface area (Å²) in [5, 5.41) is 0. The highest BCUT2D eigenvalue weighted by Gasteiger charge is 2.12. The van der Waals surface area contributed by atoms with E-state index in [0.29, 0.717) is 0 Å². The first-order chi connectivity index (χ1) is 6.93. The van der Waals surface area contributed by atoms with Gasteiger partial charge in [-0.1, -0.05) is 32.9 Å². The Morgan fingerprint density at radius 2 is 1.67 bits per heavy atom. The SMILES string of the molecule is C/C=C(\C)Oc1ccc(C(C)(C)C)cc1. The van der Waals surface area contributed by atoms with E-state index in [2.05, 4.69) is 32.9 Å². The highest BCUT2D eigenvalue weighted by Crippen LogP contribution is 2.24. The third kappa shape index (κ3) is 3.43. The lowest BCUT2D eigenvalue weighted by molar-refractivity contribution is 0.426. The van der Waals surface area contributed by atoms with E-state index < -0.39 is 0 Å². The highest BCUT2D eigenvalue weighted by molar-refractivity contribution is 5.31. The van der Waals surface area contributed by atoms with Crippen molar-refractivity contribution in [2.24, 2.45) is 0 Å². The second kappa shape index (κ2) is 4.52. The Morgan fingerprint density at radius 1 is 1.13 bits per heavy atom. The molecule has 0 aliphatic rings. The summed E-state index contributed by atoms with van der Waals surface area (Å²) in [6.07, 6.45) is 1.96. The zero-order chi connectivity index (χ0) is 11.5. The zero-order valence-electron chi connectivity index (χ0n) is 10.3. The van der Waals surface area contributed by atoms with Gasteiger partial charge in [0.05, 0.1) is 5.76 Å². The fraction of sp³-hybridized carbons (Fsp3) is 0.429. The van der Waals surface area contributed by atoms with Crippen molar-refractivity contribution in [3.63, 3.8) is 0 Å². The molecule has 0 spiro atoms. The first-order valence-corrected chi connectivity index (χ1v) is 5.35. The predicted molar refractivity (Wildman–Crippen MR) is 65.2 cm³/mol. The highest BCUT2D eigenvalue weighted by atomic mass is 16.5. The zero-order valence-corrected chi connectivity index (χ0v) is 10.3. The normalized spacial score (nSPS) is 12.7. The molecule has 1 nitrogen and oxygen atoms in total. The molecule has 0 bridgehead atoms. The quantitative estimate of drug-likeness (QED) is 0.653. The Morgan fingerprint density at radius 3 is 2.07 bits per heavy atom. The van der Waals surface area contributed by atoms with Gasteiger partial charge in [0.2, 0.25) is 0 Å². The number of hydrogen-bond donors (Lipinski definition) is 0. The topological polar surface area (TPSA) is 9.23 Å². The van der Waals surface area contributed by atoms with Crippen molar-refractivity contribution < 1.29 is 4.74 Å². The van der Waals surface area contributed by atoms with Crippen molar-refractivity contribution in [1.29, 1.82) is 0 Å². The van der Waals surface area contributed by atoms with Crippen LogP contribution >= 0.6 is 0 Å². The van der Waals surface area contributed by atoms with Gasteiger partial charge in [0.1, 0.15) is 5.75 Å². The molecule has 1 rings (SSSR count). The molecule has 0 saturated heterocycles. The average Bonchev–Trinajstić information content (AvgIpc) is 2.17. The van der Waals surface area contributed by atoms with E-state index in [1.54, 1.807) is 0 Å². The Hall–Kier alpha value is -1.24. The van der Waals surface area contributed by atoms with E-state index in [9.17, 15) is 0 Å². The van der Waals surface area contributed by atoms with E-state index in [0.717, 1.165) is 11.5 Å². The van der Waals surface area contributed by atoms with Crippen LogP contribution in [0.1, 0.15) is 40.2 Å². The standard InChI is InChI=1S/C14H20O/c1-6-11(2)15-13-9-7-12(8-10-13)14(3,4)5/h6-10H,1-5H3/b11-6+. The Balaban J connectivity index is 2.82. The van der Waals surface area contributed by atoms with Gasteiger partial charge < -0.3 is 4.74 Å². The summed E-state index contributed by atoms with van der Waals surface area (Å²) < 4.78 is 5.59. The fourth-order valence-corrected chi connectivity index (χ4v) is 1.27. The maximum Gasteiger partial charge on any atom is 0.126 e. The van der Waals surface area contributed by atoms with Crippen LogP contribution in [0.2, 0.25) is 0 Å². The van der Waals surface area contributed by atoms with Gasteiger partial charge in [-0.25, -0.2) is 0 Å². The van der Waals surface area contributed by atoms with Crippen molar-refractivity contribution >= 4 is 0 Å². The Labute approximate surface area is 92.8 Å². The summed E-state index contributed by atoms with van der Waals surface area (Å²) in [6.45, 7) is 10.6. The summed E-state index contributed by atoms with van der Waals surface area (Å²) in [7, 11) is 0. The molecule has 1 aromatic carbocycles. The second-order valence-corrected chi connectivity index (χ2v) is 4.78. The molecule has 0 amide bonds. The molecule has 1 aromatic rings. The van der Waals surface area contributed by atoms with Gasteiger partial charge in [0.25, 0.3) is 0 Å². The molecular weight excluding hydrogens is 184 g/mol. The molecule has 0 aromatic heterocycles. The fourth-order valence-electron chi connectivity index (χ4n) is 1.27. The van der Waals surface area contributed by atoms with Crippen molar-refractivity contribution in [3.05, 3.63) is 41.7 Å². The molecule has 15 heavy (non-hydrogen) atoms. The summed E-state index contributed by atoms with van der Waals surface area (Å²) >= 11 is 0. The number of ether oxygens (including phenoxy) is 1. The van der Waals surface area contributed by atoms with Crippen LogP contribution in [0.25, 0.3) is 0 Å². The van der Waals surface area contributed by atoms with Gasteiger partial charge in [-0.3, -0.25) is 0 Å². The maximum absolute atomic E-state index is 5.59. The lowest BCUT2D eigenvalue weighted by Crippen LogP contribution is -2.10. The number of hydrogen-bond acceptors (Lipinski definition) is 1. The van der Waals surface area contributed by atoms with Crippen LogP contribution in [0, 0.1) is 0 Å². The molecule has 0 saturated carbocycles. The van der Waals surface area contributed by atoms with Gasteiger partial charge >= 0.3 is 0 Å². The van der Waals surface area contributed by atoms with Gasteiger partial charge in [0.15, 0.2) is 0 Å². The molecular formula is C14H20O. The summed E-state index contributed by atoms with van der Waals surface area (Å²) in [4.78, 5) is 0. The molecule has 0 aliphatic heterocycles. The minimum atomic E-state index is 0.203. The van der Waals surface area contributed by atoms with E-state index in [-0.39, 0.29) is 5.41 Å². The van der Waals surface area contributed by atoms with Gasteiger partial charge in [0, 0.05) is 0 Å². The van der Waals surface area contributed by atoms with Crippen LogP contribution in [-0.4, -0.2) is 0 Å².